The van der Waals surface area contributed by atoms with Gasteiger partial charge in [-0.2, -0.15) is 0 Å². The Bertz CT molecular complexity index is 243. The van der Waals surface area contributed by atoms with Gasteiger partial charge in [0.15, 0.2) is 0 Å². The minimum Gasteiger partial charge on any atom is -0.447 e. The first-order valence-corrected chi connectivity index (χ1v) is 3.65. The molecule has 1 atom stereocenters. The second-order valence-corrected chi connectivity index (χ2v) is 2.47. The van der Waals surface area contributed by atoms with Gasteiger partial charge in [-0.05, 0) is 5.57 Å². The lowest BCUT2D eigenvalue weighted by Gasteiger charge is -2.05. The van der Waals surface area contributed by atoms with Crippen molar-refractivity contribution in [1.82, 2.24) is 5.32 Å². The zero-order valence-corrected chi connectivity index (χ0v) is 6.75. The van der Waals surface area contributed by atoms with Gasteiger partial charge in [0.05, 0.1) is 6.04 Å². The normalized spacial score (nSPS) is 22.0. The molecule has 0 spiro atoms. The van der Waals surface area contributed by atoms with Crippen molar-refractivity contribution >= 4 is 6.09 Å². The van der Waals surface area contributed by atoms with Crippen LogP contribution in [0.25, 0.3) is 0 Å². The summed E-state index contributed by atoms with van der Waals surface area (Å²) in [6.45, 7) is 7.67. The number of hydrogen-bond donors (Lipinski definition) is 1. The molecule has 1 rings (SSSR count). The number of carbonyl (C=O) groups is 1. The standard InChI is InChI=1S/C9H11NO2/c1-3-4-5-7(2)8-6-12-9(11)10-8/h3-5,8H,1-2,6H2,(H,10,11)/b5-4-/t8-/m0/s1. The van der Waals surface area contributed by atoms with Gasteiger partial charge in [0.1, 0.15) is 6.61 Å². The van der Waals surface area contributed by atoms with Crippen molar-refractivity contribution in [2.45, 2.75) is 6.04 Å². The molecule has 1 saturated heterocycles. The number of nitrogens with one attached hydrogen (secondary N) is 1. The van der Waals surface area contributed by atoms with E-state index in [1.807, 2.05) is 0 Å². The van der Waals surface area contributed by atoms with E-state index in [0.717, 1.165) is 5.57 Å². The molecular weight excluding hydrogens is 154 g/mol. The zero-order chi connectivity index (χ0) is 8.97. The van der Waals surface area contributed by atoms with Crippen molar-refractivity contribution in [2.24, 2.45) is 0 Å². The summed E-state index contributed by atoms with van der Waals surface area (Å²) in [5.41, 5.74) is 0.820. The minimum absolute atomic E-state index is 0.0892. The number of carbonyl (C=O) groups excluding carboxylic acids is 1. The molecule has 1 fully saturated rings. The van der Waals surface area contributed by atoms with Crippen molar-refractivity contribution in [1.29, 1.82) is 0 Å². The molecule has 12 heavy (non-hydrogen) atoms. The molecule has 0 radical (unpaired) electrons. The zero-order valence-electron chi connectivity index (χ0n) is 6.75. The van der Waals surface area contributed by atoms with Crippen LogP contribution in [-0.2, 0) is 4.74 Å². The van der Waals surface area contributed by atoms with Crippen LogP contribution in [0, 0.1) is 0 Å². The quantitative estimate of drug-likeness (QED) is 0.642. The first-order chi connectivity index (χ1) is 5.74. The highest BCUT2D eigenvalue weighted by Crippen LogP contribution is 2.07. The average molecular weight is 165 g/mol. The predicted octanol–water partition coefficient (Wildman–Crippen LogP) is 1.39. The summed E-state index contributed by atoms with van der Waals surface area (Å²) in [5.74, 6) is 0. The Morgan fingerprint density at radius 2 is 2.50 bits per heavy atom. The molecule has 3 heteroatoms. The Hall–Kier alpha value is -1.51. The van der Waals surface area contributed by atoms with Crippen molar-refractivity contribution in [3.05, 3.63) is 37.0 Å². The molecule has 1 aliphatic heterocycles. The summed E-state index contributed by atoms with van der Waals surface area (Å²) in [4.78, 5) is 10.6. The maximum Gasteiger partial charge on any atom is 0.407 e. The Labute approximate surface area is 71.4 Å². The predicted molar refractivity (Wildman–Crippen MR) is 46.7 cm³/mol. The van der Waals surface area contributed by atoms with E-state index in [0.29, 0.717) is 6.61 Å². The van der Waals surface area contributed by atoms with Crippen molar-refractivity contribution in [3.8, 4) is 0 Å². The number of rotatable bonds is 3. The molecule has 0 bridgehead atoms. The van der Waals surface area contributed by atoms with Gasteiger partial charge < -0.3 is 10.1 Å². The molecular formula is C9H11NO2. The largest absolute Gasteiger partial charge is 0.447 e. The maximum atomic E-state index is 10.6. The van der Waals surface area contributed by atoms with E-state index in [1.165, 1.54) is 0 Å². The third-order valence-electron chi connectivity index (χ3n) is 1.57. The van der Waals surface area contributed by atoms with Crippen LogP contribution in [0.5, 0.6) is 0 Å². The smallest absolute Gasteiger partial charge is 0.407 e. The summed E-state index contributed by atoms with van der Waals surface area (Å²) < 4.78 is 4.70. The molecule has 1 heterocycles. The third kappa shape index (κ3) is 1.99. The van der Waals surface area contributed by atoms with Crippen LogP contribution in [-0.4, -0.2) is 18.7 Å². The Morgan fingerprint density at radius 1 is 1.75 bits per heavy atom. The van der Waals surface area contributed by atoms with Gasteiger partial charge in [-0.25, -0.2) is 4.79 Å². The average Bonchev–Trinajstić information content (AvgIpc) is 2.47. The van der Waals surface area contributed by atoms with Gasteiger partial charge in [-0.15, -0.1) is 0 Å². The van der Waals surface area contributed by atoms with Gasteiger partial charge in [-0.3, -0.25) is 0 Å². The van der Waals surface area contributed by atoms with Crippen LogP contribution in [0.4, 0.5) is 4.79 Å². The van der Waals surface area contributed by atoms with Gasteiger partial charge in [0.25, 0.3) is 0 Å². The monoisotopic (exact) mass is 165 g/mol. The number of hydrogen-bond acceptors (Lipinski definition) is 2. The lowest BCUT2D eigenvalue weighted by atomic mass is 10.1. The molecule has 1 N–H and O–H groups in total. The highest BCUT2D eigenvalue weighted by Gasteiger charge is 2.22. The van der Waals surface area contributed by atoms with Crippen LogP contribution < -0.4 is 5.32 Å². The second kappa shape index (κ2) is 3.76. The molecule has 1 amide bonds. The van der Waals surface area contributed by atoms with Gasteiger partial charge in [0.2, 0.25) is 0 Å². The highest BCUT2D eigenvalue weighted by atomic mass is 16.6. The summed E-state index contributed by atoms with van der Waals surface area (Å²) in [6.07, 6.45) is 4.84. The molecule has 64 valence electrons. The molecule has 0 saturated carbocycles. The second-order valence-electron chi connectivity index (χ2n) is 2.47. The van der Waals surface area contributed by atoms with Gasteiger partial charge in [-0.1, -0.05) is 31.4 Å². The summed E-state index contributed by atoms with van der Waals surface area (Å²) in [5, 5.41) is 2.62. The fourth-order valence-electron chi connectivity index (χ4n) is 0.892. The topological polar surface area (TPSA) is 38.3 Å². The van der Waals surface area contributed by atoms with E-state index in [9.17, 15) is 4.79 Å². The van der Waals surface area contributed by atoms with E-state index in [-0.39, 0.29) is 12.1 Å². The van der Waals surface area contributed by atoms with Crippen LogP contribution >= 0.6 is 0 Å². The number of cyclic esters (lactones) is 1. The summed E-state index contributed by atoms with van der Waals surface area (Å²) in [7, 11) is 0. The molecule has 3 nitrogen and oxygen atoms in total. The first-order valence-electron chi connectivity index (χ1n) is 3.65. The van der Waals surface area contributed by atoms with Crippen LogP contribution in [0.3, 0.4) is 0 Å². The number of alkyl carbamates (subject to hydrolysis) is 1. The number of amides is 1. The SMILES string of the molecule is C=C/C=C\C(=C)[C@@H]1COC(=O)N1. The van der Waals surface area contributed by atoms with Gasteiger partial charge >= 0.3 is 6.09 Å². The lowest BCUT2D eigenvalue weighted by molar-refractivity contribution is 0.177. The fourth-order valence-corrected chi connectivity index (χ4v) is 0.892. The molecule has 0 aromatic carbocycles. The van der Waals surface area contributed by atoms with Crippen molar-refractivity contribution in [2.75, 3.05) is 6.61 Å². The van der Waals surface area contributed by atoms with E-state index in [4.69, 9.17) is 4.74 Å². The number of allylic oxidation sites excluding steroid dienone is 2. The molecule has 0 aromatic heterocycles. The third-order valence-corrected chi connectivity index (χ3v) is 1.57. The first kappa shape index (κ1) is 8.59. The Kier molecular flexibility index (Phi) is 2.69. The van der Waals surface area contributed by atoms with Crippen molar-refractivity contribution < 1.29 is 9.53 Å². The summed E-state index contributed by atoms with van der Waals surface area (Å²) in [6, 6.07) is -0.0892. The van der Waals surface area contributed by atoms with Gasteiger partial charge in [0, 0.05) is 0 Å². The molecule has 1 aliphatic rings. The van der Waals surface area contributed by atoms with E-state index in [2.05, 4.69) is 18.5 Å². The summed E-state index contributed by atoms with van der Waals surface area (Å²) >= 11 is 0. The number of ether oxygens (including phenoxy) is 1. The van der Waals surface area contributed by atoms with E-state index >= 15 is 0 Å². The van der Waals surface area contributed by atoms with E-state index < -0.39 is 0 Å². The Balaban J connectivity index is 2.48. The highest BCUT2D eigenvalue weighted by molar-refractivity contribution is 5.70. The molecule has 0 aliphatic carbocycles. The Morgan fingerprint density at radius 3 is 3.00 bits per heavy atom. The van der Waals surface area contributed by atoms with Crippen LogP contribution in [0.2, 0.25) is 0 Å². The minimum atomic E-state index is -0.381. The van der Waals surface area contributed by atoms with Crippen molar-refractivity contribution in [3.63, 3.8) is 0 Å². The lowest BCUT2D eigenvalue weighted by Crippen LogP contribution is -2.26. The fraction of sp³-hybridized carbons (Fsp3) is 0.222. The maximum absolute atomic E-state index is 10.6. The van der Waals surface area contributed by atoms with Crippen LogP contribution in [0.1, 0.15) is 0 Å². The molecule has 0 aromatic rings. The molecule has 0 unspecified atom stereocenters. The van der Waals surface area contributed by atoms with E-state index in [1.54, 1.807) is 18.2 Å². The van der Waals surface area contributed by atoms with Crippen LogP contribution in [0.15, 0.2) is 37.0 Å².